The van der Waals surface area contributed by atoms with Crippen LogP contribution in [0.1, 0.15) is 26.7 Å². The van der Waals surface area contributed by atoms with Crippen molar-refractivity contribution in [1.29, 1.82) is 0 Å². The Labute approximate surface area is 125 Å². The van der Waals surface area contributed by atoms with Gasteiger partial charge in [0.2, 0.25) is 0 Å². The minimum atomic E-state index is 0.288. The maximum Gasteiger partial charge on any atom is 0.0951 e. The number of fused-ring (bicyclic) bond motifs is 1. The van der Waals surface area contributed by atoms with Crippen molar-refractivity contribution in [2.45, 2.75) is 31.4 Å². The molecule has 0 unspecified atom stereocenters. The number of thioether (sulfide) groups is 1. The second-order valence-corrected chi connectivity index (χ2v) is 6.32. The average molecular weight is 289 g/mol. The van der Waals surface area contributed by atoms with Crippen LogP contribution in [0.15, 0.2) is 30.5 Å². The summed E-state index contributed by atoms with van der Waals surface area (Å²) in [5.41, 5.74) is 8.71. The summed E-state index contributed by atoms with van der Waals surface area (Å²) in [6.45, 7) is 5.46. The van der Waals surface area contributed by atoms with Crippen molar-refractivity contribution in [3.05, 3.63) is 30.5 Å². The smallest absolute Gasteiger partial charge is 0.0951 e. The second kappa shape index (κ2) is 6.35. The Morgan fingerprint density at radius 2 is 2.00 bits per heavy atom. The van der Waals surface area contributed by atoms with Gasteiger partial charge < -0.3 is 11.1 Å². The third-order valence-corrected chi connectivity index (χ3v) is 5.71. The molecule has 0 saturated carbocycles. The molecule has 0 fully saturated rings. The maximum atomic E-state index is 5.99. The van der Waals surface area contributed by atoms with Crippen LogP contribution in [-0.2, 0) is 0 Å². The Morgan fingerprint density at radius 3 is 2.65 bits per heavy atom. The van der Waals surface area contributed by atoms with Gasteiger partial charge in [0.25, 0.3) is 0 Å². The zero-order valence-electron chi connectivity index (χ0n) is 12.4. The summed E-state index contributed by atoms with van der Waals surface area (Å²) in [4.78, 5) is 4.38. The fourth-order valence-electron chi connectivity index (χ4n) is 2.47. The van der Waals surface area contributed by atoms with E-state index < -0.39 is 0 Å². The molecule has 0 atom stereocenters. The lowest BCUT2D eigenvalue weighted by Crippen LogP contribution is -2.32. The topological polar surface area (TPSA) is 50.9 Å². The third-order valence-electron chi connectivity index (χ3n) is 4.12. The molecule has 0 radical (unpaired) electrons. The number of hydrogen-bond donors (Lipinski definition) is 2. The first-order valence-electron chi connectivity index (χ1n) is 7.08. The van der Waals surface area contributed by atoms with E-state index in [9.17, 15) is 0 Å². The number of aromatic nitrogens is 1. The number of nitrogens with one attached hydrogen (secondary N) is 1. The minimum Gasteiger partial charge on any atom is -0.397 e. The molecule has 0 amide bonds. The predicted molar refractivity (Wildman–Crippen MR) is 91.5 cm³/mol. The third kappa shape index (κ3) is 2.85. The number of benzene rings is 1. The second-order valence-electron chi connectivity index (χ2n) is 5.05. The van der Waals surface area contributed by atoms with Gasteiger partial charge in [-0.05, 0) is 31.2 Å². The van der Waals surface area contributed by atoms with Crippen LogP contribution in [0.5, 0.6) is 0 Å². The molecule has 3 N–H and O–H groups in total. The largest absolute Gasteiger partial charge is 0.397 e. The summed E-state index contributed by atoms with van der Waals surface area (Å²) >= 11 is 1.94. The molecule has 20 heavy (non-hydrogen) atoms. The Hall–Kier alpha value is -1.42. The molecule has 2 rings (SSSR count). The number of para-hydroxylation sites is 1. The van der Waals surface area contributed by atoms with Crippen molar-refractivity contribution in [3.63, 3.8) is 0 Å². The fraction of sp³-hybridized carbons (Fsp3) is 0.438. The van der Waals surface area contributed by atoms with Crippen molar-refractivity contribution in [3.8, 4) is 0 Å². The molecule has 1 heterocycles. The molecule has 2 aromatic rings. The van der Waals surface area contributed by atoms with E-state index in [1.165, 1.54) is 0 Å². The predicted octanol–water partition coefficient (Wildman–Crippen LogP) is 4.15. The van der Waals surface area contributed by atoms with Crippen LogP contribution in [0.2, 0.25) is 0 Å². The quantitative estimate of drug-likeness (QED) is 0.784. The SMILES string of the molecule is CCC(CC)(CNc1ccnc2c(N)cccc12)SC. The summed E-state index contributed by atoms with van der Waals surface area (Å²) < 4.78 is 0.288. The Morgan fingerprint density at radius 1 is 1.25 bits per heavy atom. The van der Waals surface area contributed by atoms with Crippen molar-refractivity contribution in [2.75, 3.05) is 23.9 Å². The number of nitrogens with two attached hydrogens (primary N) is 1. The molecule has 0 bridgehead atoms. The number of hydrogen-bond acceptors (Lipinski definition) is 4. The first-order chi connectivity index (χ1) is 9.65. The summed E-state index contributed by atoms with van der Waals surface area (Å²) in [5, 5.41) is 4.68. The summed E-state index contributed by atoms with van der Waals surface area (Å²) in [5.74, 6) is 0. The fourth-order valence-corrected chi connectivity index (χ4v) is 3.26. The van der Waals surface area contributed by atoms with Crippen LogP contribution in [0.4, 0.5) is 11.4 Å². The van der Waals surface area contributed by atoms with Crippen LogP contribution in [0.25, 0.3) is 10.9 Å². The highest BCUT2D eigenvalue weighted by Crippen LogP contribution is 2.32. The van der Waals surface area contributed by atoms with Crippen LogP contribution < -0.4 is 11.1 Å². The Balaban J connectivity index is 2.28. The normalized spacial score (nSPS) is 11.8. The van der Waals surface area contributed by atoms with Gasteiger partial charge in [-0.15, -0.1) is 0 Å². The van der Waals surface area contributed by atoms with Gasteiger partial charge >= 0.3 is 0 Å². The summed E-state index contributed by atoms with van der Waals surface area (Å²) in [7, 11) is 0. The first-order valence-corrected chi connectivity index (χ1v) is 8.30. The number of pyridine rings is 1. The first kappa shape index (κ1) is 15.0. The number of nitrogen functional groups attached to an aromatic ring is 1. The van der Waals surface area contributed by atoms with Crippen LogP contribution in [0, 0.1) is 0 Å². The van der Waals surface area contributed by atoms with E-state index in [2.05, 4.69) is 36.5 Å². The minimum absolute atomic E-state index is 0.288. The van der Waals surface area contributed by atoms with E-state index in [0.29, 0.717) is 0 Å². The molecule has 1 aromatic heterocycles. The zero-order chi connectivity index (χ0) is 14.6. The Kier molecular flexibility index (Phi) is 4.76. The van der Waals surface area contributed by atoms with E-state index in [1.54, 1.807) is 0 Å². The van der Waals surface area contributed by atoms with E-state index in [1.807, 2.05) is 36.2 Å². The molecule has 4 heteroatoms. The van der Waals surface area contributed by atoms with E-state index in [0.717, 1.165) is 41.7 Å². The lowest BCUT2D eigenvalue weighted by atomic mass is 10.0. The van der Waals surface area contributed by atoms with Gasteiger partial charge in [0.05, 0.1) is 11.2 Å². The zero-order valence-corrected chi connectivity index (χ0v) is 13.3. The number of rotatable bonds is 6. The van der Waals surface area contributed by atoms with E-state index in [4.69, 9.17) is 5.73 Å². The highest BCUT2D eigenvalue weighted by atomic mass is 32.2. The lowest BCUT2D eigenvalue weighted by molar-refractivity contribution is 0.575. The number of nitrogens with zero attached hydrogens (tertiary/aromatic N) is 1. The van der Waals surface area contributed by atoms with Gasteiger partial charge in [-0.1, -0.05) is 26.0 Å². The van der Waals surface area contributed by atoms with Gasteiger partial charge in [-0.2, -0.15) is 11.8 Å². The van der Waals surface area contributed by atoms with Crippen LogP contribution >= 0.6 is 11.8 Å². The monoisotopic (exact) mass is 289 g/mol. The molecule has 108 valence electrons. The van der Waals surface area contributed by atoms with Crippen molar-refractivity contribution < 1.29 is 0 Å². The van der Waals surface area contributed by atoms with Gasteiger partial charge in [-0.3, -0.25) is 4.98 Å². The summed E-state index contributed by atoms with van der Waals surface area (Å²) in [6, 6.07) is 7.97. The molecular weight excluding hydrogens is 266 g/mol. The summed E-state index contributed by atoms with van der Waals surface area (Å²) in [6.07, 6.45) is 6.32. The standard InChI is InChI=1S/C16H23N3S/c1-4-16(5-2,20-3)11-19-14-9-10-18-15-12(14)7-6-8-13(15)17/h6-10H,4-5,11,17H2,1-3H3,(H,18,19). The van der Waals surface area contributed by atoms with Crippen molar-refractivity contribution in [2.24, 2.45) is 0 Å². The lowest BCUT2D eigenvalue weighted by Gasteiger charge is -2.30. The molecule has 3 nitrogen and oxygen atoms in total. The van der Waals surface area contributed by atoms with E-state index >= 15 is 0 Å². The number of anilines is 2. The van der Waals surface area contributed by atoms with Gasteiger partial charge in [-0.25, -0.2) is 0 Å². The molecular formula is C16H23N3S. The van der Waals surface area contributed by atoms with Crippen LogP contribution in [-0.4, -0.2) is 22.5 Å². The van der Waals surface area contributed by atoms with E-state index in [-0.39, 0.29) is 4.75 Å². The maximum absolute atomic E-state index is 5.99. The molecule has 0 saturated heterocycles. The van der Waals surface area contributed by atoms with Gasteiger partial charge in [0.15, 0.2) is 0 Å². The van der Waals surface area contributed by atoms with Gasteiger partial charge in [0.1, 0.15) is 0 Å². The highest BCUT2D eigenvalue weighted by Gasteiger charge is 2.24. The molecule has 1 aromatic carbocycles. The van der Waals surface area contributed by atoms with Gasteiger partial charge in [0, 0.05) is 28.6 Å². The van der Waals surface area contributed by atoms with Crippen molar-refractivity contribution in [1.82, 2.24) is 4.98 Å². The molecule has 0 spiro atoms. The van der Waals surface area contributed by atoms with Crippen molar-refractivity contribution >= 4 is 34.0 Å². The molecule has 0 aliphatic carbocycles. The van der Waals surface area contributed by atoms with Crippen LogP contribution in [0.3, 0.4) is 0 Å². The highest BCUT2D eigenvalue weighted by molar-refractivity contribution is 8.00. The molecule has 0 aliphatic heterocycles. The molecule has 0 aliphatic rings. The average Bonchev–Trinajstić information content (AvgIpc) is 2.50. The Bertz CT molecular complexity index is 571.